The van der Waals surface area contributed by atoms with Gasteiger partial charge in [0.15, 0.2) is 5.78 Å². The molecule has 0 amide bonds. The molecular formula is C14H20O3. The monoisotopic (exact) mass is 236 g/mol. The summed E-state index contributed by atoms with van der Waals surface area (Å²) in [5, 5.41) is 9.98. The summed E-state index contributed by atoms with van der Waals surface area (Å²) >= 11 is 0. The van der Waals surface area contributed by atoms with Gasteiger partial charge in [-0.1, -0.05) is 13.8 Å². The van der Waals surface area contributed by atoms with Crippen molar-refractivity contribution in [2.24, 2.45) is 5.92 Å². The average Bonchev–Trinajstić information content (AvgIpc) is 2.26. The molecule has 1 atom stereocenters. The van der Waals surface area contributed by atoms with Gasteiger partial charge in [-0.05, 0) is 42.7 Å². The number of rotatable bonds is 4. The molecule has 0 saturated carbocycles. The molecule has 0 spiro atoms. The Morgan fingerprint density at radius 3 is 2.06 bits per heavy atom. The summed E-state index contributed by atoms with van der Waals surface area (Å²) in [6, 6.07) is 3.60. The Morgan fingerprint density at radius 2 is 1.71 bits per heavy atom. The van der Waals surface area contributed by atoms with Crippen molar-refractivity contribution in [3.05, 3.63) is 28.8 Å². The quantitative estimate of drug-likeness (QED) is 0.874. The lowest BCUT2D eigenvalue weighted by molar-refractivity contribution is -0.130. The molecule has 0 heterocycles. The van der Waals surface area contributed by atoms with Gasteiger partial charge in [-0.3, -0.25) is 4.79 Å². The van der Waals surface area contributed by atoms with E-state index in [1.807, 2.05) is 13.8 Å². The number of ether oxygens (including phenoxy) is 1. The Hall–Kier alpha value is -1.35. The first-order chi connectivity index (χ1) is 7.88. The number of carbonyl (C=O) groups excluding carboxylic acids is 1. The zero-order valence-electron chi connectivity index (χ0n) is 11.1. The number of hydrogen-bond acceptors (Lipinski definition) is 3. The molecule has 94 valence electrons. The first kappa shape index (κ1) is 13.7. The van der Waals surface area contributed by atoms with E-state index in [1.54, 1.807) is 33.1 Å². The van der Waals surface area contributed by atoms with Gasteiger partial charge in [0.1, 0.15) is 11.9 Å². The van der Waals surface area contributed by atoms with Gasteiger partial charge in [0.25, 0.3) is 0 Å². The minimum absolute atomic E-state index is 0.158. The smallest absolute Gasteiger partial charge is 0.168 e. The molecule has 17 heavy (non-hydrogen) atoms. The molecule has 3 heteroatoms. The molecule has 0 aliphatic carbocycles. The normalized spacial score (nSPS) is 12.6. The summed E-state index contributed by atoms with van der Waals surface area (Å²) < 4.78 is 5.25. The number of methoxy groups -OCH3 is 1. The highest BCUT2D eigenvalue weighted by atomic mass is 16.5. The maximum Gasteiger partial charge on any atom is 0.168 e. The van der Waals surface area contributed by atoms with Crippen LogP contribution in [0.2, 0.25) is 0 Å². The van der Waals surface area contributed by atoms with E-state index in [2.05, 4.69) is 0 Å². The second kappa shape index (κ2) is 5.32. The van der Waals surface area contributed by atoms with Crippen LogP contribution in [0.25, 0.3) is 0 Å². The van der Waals surface area contributed by atoms with Crippen molar-refractivity contribution < 1.29 is 14.6 Å². The SMILES string of the molecule is COc1c(C)cc(C(O)C(=O)C(C)C)cc1C. The maximum absolute atomic E-state index is 11.7. The lowest BCUT2D eigenvalue weighted by Gasteiger charge is -2.16. The number of benzene rings is 1. The largest absolute Gasteiger partial charge is 0.496 e. The molecule has 0 aliphatic heterocycles. The lowest BCUT2D eigenvalue weighted by atomic mass is 9.95. The molecule has 1 unspecified atom stereocenters. The van der Waals surface area contributed by atoms with Gasteiger partial charge in [-0.2, -0.15) is 0 Å². The molecule has 1 rings (SSSR count). The van der Waals surface area contributed by atoms with Crippen LogP contribution in [0.4, 0.5) is 0 Å². The van der Waals surface area contributed by atoms with Gasteiger partial charge >= 0.3 is 0 Å². The first-order valence-electron chi connectivity index (χ1n) is 5.75. The van der Waals surface area contributed by atoms with Gasteiger partial charge in [0, 0.05) is 5.92 Å². The number of ketones is 1. The van der Waals surface area contributed by atoms with Crippen molar-refractivity contribution in [3.63, 3.8) is 0 Å². The maximum atomic E-state index is 11.7. The highest BCUT2D eigenvalue weighted by Gasteiger charge is 2.21. The predicted octanol–water partition coefficient (Wildman–Crippen LogP) is 2.57. The fraction of sp³-hybridized carbons (Fsp3) is 0.500. The number of aliphatic hydroxyl groups is 1. The Morgan fingerprint density at radius 1 is 1.24 bits per heavy atom. The van der Waals surface area contributed by atoms with Crippen LogP contribution in [-0.2, 0) is 4.79 Å². The zero-order valence-corrected chi connectivity index (χ0v) is 11.1. The van der Waals surface area contributed by atoms with Crippen LogP contribution in [0, 0.1) is 19.8 Å². The van der Waals surface area contributed by atoms with E-state index in [0.29, 0.717) is 5.56 Å². The highest BCUT2D eigenvalue weighted by molar-refractivity contribution is 5.85. The third-order valence-corrected chi connectivity index (χ3v) is 2.84. The van der Waals surface area contributed by atoms with Crippen LogP contribution >= 0.6 is 0 Å². The van der Waals surface area contributed by atoms with Crippen molar-refractivity contribution in [1.82, 2.24) is 0 Å². The third-order valence-electron chi connectivity index (χ3n) is 2.84. The summed E-state index contributed by atoms with van der Waals surface area (Å²) in [5.41, 5.74) is 2.50. The third kappa shape index (κ3) is 2.86. The summed E-state index contributed by atoms with van der Waals surface area (Å²) in [6.45, 7) is 7.38. The first-order valence-corrected chi connectivity index (χ1v) is 5.75. The second-order valence-electron chi connectivity index (χ2n) is 4.65. The summed E-state index contributed by atoms with van der Waals surface area (Å²) in [7, 11) is 1.62. The standard InChI is InChI=1S/C14H20O3/c1-8(2)12(15)13(16)11-6-9(3)14(17-5)10(4)7-11/h6-8,13,16H,1-5H3. The summed E-state index contributed by atoms with van der Waals surface area (Å²) in [4.78, 5) is 11.7. The van der Waals surface area contributed by atoms with E-state index in [-0.39, 0.29) is 11.7 Å². The molecule has 0 bridgehead atoms. The Kier molecular flexibility index (Phi) is 4.29. The van der Waals surface area contributed by atoms with Gasteiger partial charge in [0.2, 0.25) is 0 Å². The topological polar surface area (TPSA) is 46.5 Å². The summed E-state index contributed by atoms with van der Waals surface area (Å²) in [6.07, 6.45) is -1.04. The lowest BCUT2D eigenvalue weighted by Crippen LogP contribution is -2.17. The molecule has 0 fully saturated rings. The van der Waals surface area contributed by atoms with E-state index in [4.69, 9.17) is 4.74 Å². The minimum atomic E-state index is -1.04. The molecule has 0 radical (unpaired) electrons. The van der Waals surface area contributed by atoms with Crippen molar-refractivity contribution in [2.75, 3.05) is 7.11 Å². The van der Waals surface area contributed by atoms with Gasteiger partial charge in [0.05, 0.1) is 7.11 Å². The van der Waals surface area contributed by atoms with Crippen LogP contribution in [0.5, 0.6) is 5.75 Å². The number of aryl methyl sites for hydroxylation is 2. The predicted molar refractivity (Wildman–Crippen MR) is 67.3 cm³/mol. The Balaban J connectivity index is 3.12. The van der Waals surface area contributed by atoms with E-state index < -0.39 is 6.10 Å². The van der Waals surface area contributed by atoms with Crippen LogP contribution in [-0.4, -0.2) is 18.0 Å². The van der Waals surface area contributed by atoms with Crippen molar-refractivity contribution in [3.8, 4) is 5.75 Å². The molecule has 1 aromatic carbocycles. The Labute approximate surface area is 102 Å². The zero-order chi connectivity index (χ0) is 13.2. The molecule has 0 aliphatic rings. The van der Waals surface area contributed by atoms with E-state index in [1.165, 1.54) is 0 Å². The Bertz CT molecular complexity index is 398. The van der Waals surface area contributed by atoms with Crippen LogP contribution < -0.4 is 4.74 Å². The average molecular weight is 236 g/mol. The van der Waals surface area contributed by atoms with E-state index in [0.717, 1.165) is 16.9 Å². The number of carbonyl (C=O) groups is 1. The van der Waals surface area contributed by atoms with Crippen molar-refractivity contribution >= 4 is 5.78 Å². The molecule has 1 aromatic rings. The van der Waals surface area contributed by atoms with Crippen molar-refractivity contribution in [1.29, 1.82) is 0 Å². The molecular weight excluding hydrogens is 216 g/mol. The van der Waals surface area contributed by atoms with Crippen LogP contribution in [0.15, 0.2) is 12.1 Å². The van der Waals surface area contributed by atoms with Gasteiger partial charge in [-0.15, -0.1) is 0 Å². The van der Waals surface area contributed by atoms with Crippen LogP contribution in [0.3, 0.4) is 0 Å². The van der Waals surface area contributed by atoms with E-state index in [9.17, 15) is 9.90 Å². The van der Waals surface area contributed by atoms with Gasteiger partial charge < -0.3 is 9.84 Å². The highest BCUT2D eigenvalue weighted by Crippen LogP contribution is 2.28. The van der Waals surface area contributed by atoms with Crippen molar-refractivity contribution in [2.45, 2.75) is 33.8 Å². The van der Waals surface area contributed by atoms with Crippen LogP contribution in [0.1, 0.15) is 36.6 Å². The summed E-state index contributed by atoms with van der Waals surface area (Å²) in [5.74, 6) is 0.472. The molecule has 0 aromatic heterocycles. The fourth-order valence-corrected chi connectivity index (χ4v) is 1.94. The molecule has 1 N–H and O–H groups in total. The number of Topliss-reactive ketones (excluding diaryl/α,β-unsaturated/α-hetero) is 1. The fourth-order valence-electron chi connectivity index (χ4n) is 1.94. The second-order valence-corrected chi connectivity index (χ2v) is 4.65. The molecule has 0 saturated heterocycles. The molecule has 3 nitrogen and oxygen atoms in total. The van der Waals surface area contributed by atoms with Gasteiger partial charge in [-0.25, -0.2) is 0 Å². The number of aliphatic hydroxyl groups excluding tert-OH is 1. The minimum Gasteiger partial charge on any atom is -0.496 e. The number of hydrogen-bond donors (Lipinski definition) is 1. The van der Waals surface area contributed by atoms with E-state index >= 15 is 0 Å².